The molecule has 0 fully saturated rings. The summed E-state index contributed by atoms with van der Waals surface area (Å²) in [5, 5.41) is 9.73. The number of nitrogens with zero attached hydrogens (tertiary/aromatic N) is 1. The summed E-state index contributed by atoms with van der Waals surface area (Å²) in [4.78, 5) is 15.4. The third-order valence-electron chi connectivity index (χ3n) is 3.39. The zero-order chi connectivity index (χ0) is 17.7. The van der Waals surface area contributed by atoms with Crippen molar-refractivity contribution in [3.63, 3.8) is 0 Å². The van der Waals surface area contributed by atoms with Gasteiger partial charge in [-0.05, 0) is 41.8 Å². The minimum Gasteiger partial charge on any atom is -0.504 e. The van der Waals surface area contributed by atoms with Crippen LogP contribution in [0, 0.1) is 0 Å². The van der Waals surface area contributed by atoms with Crippen LogP contribution in [0.2, 0.25) is 0 Å². The molecular formula is C18H19N3O3. The van der Waals surface area contributed by atoms with Crippen molar-refractivity contribution in [3.05, 3.63) is 53.6 Å². The van der Waals surface area contributed by atoms with Crippen molar-refractivity contribution in [3.8, 4) is 22.6 Å². The average Bonchev–Trinajstić information content (AvgIpc) is 2.55. The largest absolute Gasteiger partial charge is 0.504 e. The molecule has 0 aliphatic carbocycles. The quantitative estimate of drug-likeness (QED) is 0.453. The molecule has 0 aliphatic heterocycles. The maximum absolute atomic E-state index is 11.9. The summed E-state index contributed by atoms with van der Waals surface area (Å²) in [5.74, 6) is -0.328. The number of aliphatic imine (C=N–C) groups is 1. The Balaban J connectivity index is 2.48. The number of carbonyl (C=O) groups is 1. The Morgan fingerprint density at radius 1 is 1.21 bits per heavy atom. The Bertz CT molecular complexity index is 822. The van der Waals surface area contributed by atoms with Crippen LogP contribution >= 0.6 is 0 Å². The van der Waals surface area contributed by atoms with Crippen molar-refractivity contribution in [2.75, 3.05) is 7.11 Å². The van der Waals surface area contributed by atoms with E-state index in [0.29, 0.717) is 11.3 Å². The number of amides is 1. The fourth-order valence-electron chi connectivity index (χ4n) is 2.23. The van der Waals surface area contributed by atoms with Gasteiger partial charge in [-0.2, -0.15) is 4.99 Å². The highest BCUT2D eigenvalue weighted by Crippen LogP contribution is 2.33. The Labute approximate surface area is 140 Å². The summed E-state index contributed by atoms with van der Waals surface area (Å²) in [6, 6.07) is 12.6. The molecule has 24 heavy (non-hydrogen) atoms. The lowest BCUT2D eigenvalue weighted by molar-refractivity contribution is -0.114. The SMILES string of the molecule is COc1cc(-c2ccccc2/C=C(\C)C(=O)N=C(N)N)ccc1O. The summed E-state index contributed by atoms with van der Waals surface area (Å²) in [7, 11) is 1.49. The molecule has 5 N–H and O–H groups in total. The normalized spacial score (nSPS) is 11.0. The number of rotatable bonds is 4. The fourth-order valence-corrected chi connectivity index (χ4v) is 2.23. The molecule has 2 rings (SSSR count). The number of aromatic hydroxyl groups is 1. The highest BCUT2D eigenvalue weighted by molar-refractivity contribution is 6.04. The molecule has 0 saturated carbocycles. The van der Waals surface area contributed by atoms with Gasteiger partial charge in [-0.3, -0.25) is 4.79 Å². The van der Waals surface area contributed by atoms with Crippen LogP contribution in [0.3, 0.4) is 0 Å². The summed E-state index contributed by atoms with van der Waals surface area (Å²) >= 11 is 0. The first-order valence-electron chi connectivity index (χ1n) is 7.21. The maximum Gasteiger partial charge on any atom is 0.275 e. The third-order valence-corrected chi connectivity index (χ3v) is 3.39. The van der Waals surface area contributed by atoms with Gasteiger partial charge >= 0.3 is 0 Å². The van der Waals surface area contributed by atoms with E-state index in [1.165, 1.54) is 7.11 Å². The van der Waals surface area contributed by atoms with E-state index in [0.717, 1.165) is 16.7 Å². The zero-order valence-corrected chi connectivity index (χ0v) is 13.5. The van der Waals surface area contributed by atoms with E-state index in [4.69, 9.17) is 16.2 Å². The Kier molecular flexibility index (Phi) is 5.21. The van der Waals surface area contributed by atoms with Crippen LogP contribution in [0.25, 0.3) is 17.2 Å². The van der Waals surface area contributed by atoms with Crippen molar-refractivity contribution in [1.82, 2.24) is 0 Å². The van der Waals surface area contributed by atoms with Gasteiger partial charge in [0.15, 0.2) is 17.5 Å². The minimum absolute atomic E-state index is 0.0633. The maximum atomic E-state index is 11.9. The van der Waals surface area contributed by atoms with Crippen LogP contribution < -0.4 is 16.2 Å². The average molecular weight is 325 g/mol. The van der Waals surface area contributed by atoms with Crippen LogP contribution in [0.15, 0.2) is 53.0 Å². The summed E-state index contributed by atoms with van der Waals surface area (Å²) in [6.07, 6.45) is 1.71. The van der Waals surface area contributed by atoms with E-state index < -0.39 is 5.91 Å². The Hall–Kier alpha value is -3.28. The van der Waals surface area contributed by atoms with Gasteiger partial charge in [-0.15, -0.1) is 0 Å². The van der Waals surface area contributed by atoms with Gasteiger partial charge in [0.25, 0.3) is 5.91 Å². The second kappa shape index (κ2) is 7.32. The molecule has 0 aliphatic rings. The van der Waals surface area contributed by atoms with Gasteiger partial charge in [-0.1, -0.05) is 30.3 Å². The molecule has 0 saturated heterocycles. The molecule has 2 aromatic rings. The first kappa shape index (κ1) is 17.1. The number of methoxy groups -OCH3 is 1. The molecule has 6 nitrogen and oxygen atoms in total. The van der Waals surface area contributed by atoms with Gasteiger partial charge in [0, 0.05) is 5.57 Å². The first-order chi connectivity index (χ1) is 11.4. The van der Waals surface area contributed by atoms with Crippen molar-refractivity contribution in [2.24, 2.45) is 16.5 Å². The van der Waals surface area contributed by atoms with E-state index >= 15 is 0 Å². The number of ether oxygens (including phenoxy) is 1. The zero-order valence-electron chi connectivity index (χ0n) is 13.5. The second-order valence-electron chi connectivity index (χ2n) is 5.14. The lowest BCUT2D eigenvalue weighted by Crippen LogP contribution is -2.24. The number of hydrogen-bond donors (Lipinski definition) is 3. The summed E-state index contributed by atoms with van der Waals surface area (Å²) in [6.45, 7) is 1.64. The van der Waals surface area contributed by atoms with Crippen molar-refractivity contribution in [2.45, 2.75) is 6.92 Å². The fraction of sp³-hybridized carbons (Fsp3) is 0.111. The topological polar surface area (TPSA) is 111 Å². The first-order valence-corrected chi connectivity index (χ1v) is 7.21. The highest BCUT2D eigenvalue weighted by atomic mass is 16.5. The summed E-state index contributed by atoms with van der Waals surface area (Å²) in [5.41, 5.74) is 13.4. The number of guanidine groups is 1. The number of carbonyl (C=O) groups excluding carboxylic acids is 1. The molecule has 1 amide bonds. The molecule has 0 radical (unpaired) electrons. The lowest BCUT2D eigenvalue weighted by Gasteiger charge is -2.10. The molecule has 124 valence electrons. The van der Waals surface area contributed by atoms with E-state index in [2.05, 4.69) is 4.99 Å². The monoisotopic (exact) mass is 325 g/mol. The van der Waals surface area contributed by atoms with Crippen LogP contribution in [-0.2, 0) is 4.79 Å². The molecule has 0 spiro atoms. The molecule has 0 unspecified atom stereocenters. The molecule has 0 bridgehead atoms. The van der Waals surface area contributed by atoms with Gasteiger partial charge in [0.05, 0.1) is 7.11 Å². The van der Waals surface area contributed by atoms with E-state index in [1.54, 1.807) is 31.2 Å². The van der Waals surface area contributed by atoms with Gasteiger partial charge in [-0.25, -0.2) is 0 Å². The number of phenols is 1. The van der Waals surface area contributed by atoms with Crippen LogP contribution in [-0.4, -0.2) is 24.1 Å². The van der Waals surface area contributed by atoms with Crippen LogP contribution in [0.5, 0.6) is 11.5 Å². The molecule has 2 aromatic carbocycles. The summed E-state index contributed by atoms with van der Waals surface area (Å²) < 4.78 is 5.14. The Morgan fingerprint density at radius 3 is 2.58 bits per heavy atom. The van der Waals surface area contributed by atoms with E-state index in [1.807, 2.05) is 24.3 Å². The molecule has 6 heteroatoms. The number of phenolic OH excluding ortho intramolecular Hbond substituents is 1. The van der Waals surface area contributed by atoms with Gasteiger partial charge < -0.3 is 21.3 Å². The van der Waals surface area contributed by atoms with Crippen LogP contribution in [0.1, 0.15) is 12.5 Å². The number of nitrogens with two attached hydrogens (primary N) is 2. The highest BCUT2D eigenvalue weighted by Gasteiger charge is 2.09. The van der Waals surface area contributed by atoms with Crippen molar-refractivity contribution < 1.29 is 14.6 Å². The smallest absolute Gasteiger partial charge is 0.275 e. The van der Waals surface area contributed by atoms with Crippen molar-refractivity contribution >= 4 is 17.9 Å². The number of benzene rings is 2. The molecular weight excluding hydrogens is 306 g/mol. The van der Waals surface area contributed by atoms with Gasteiger partial charge in [0.1, 0.15) is 0 Å². The number of hydrogen-bond acceptors (Lipinski definition) is 3. The Morgan fingerprint density at radius 2 is 1.92 bits per heavy atom. The minimum atomic E-state index is -0.493. The van der Waals surface area contributed by atoms with E-state index in [9.17, 15) is 9.90 Å². The van der Waals surface area contributed by atoms with E-state index in [-0.39, 0.29) is 11.7 Å². The molecule has 0 atom stereocenters. The molecule has 0 aromatic heterocycles. The second-order valence-corrected chi connectivity index (χ2v) is 5.14. The predicted octanol–water partition coefficient (Wildman–Crippen LogP) is 2.27. The van der Waals surface area contributed by atoms with Gasteiger partial charge in [0.2, 0.25) is 0 Å². The van der Waals surface area contributed by atoms with Crippen LogP contribution in [0.4, 0.5) is 0 Å². The lowest BCUT2D eigenvalue weighted by atomic mass is 9.98. The predicted molar refractivity (Wildman–Crippen MR) is 94.6 cm³/mol. The van der Waals surface area contributed by atoms with Crippen molar-refractivity contribution in [1.29, 1.82) is 0 Å². The molecule has 0 heterocycles. The third kappa shape index (κ3) is 3.92. The standard InChI is InChI=1S/C18H19N3O3/c1-11(17(23)21-18(19)20)9-12-5-3-4-6-14(12)13-7-8-15(22)16(10-13)24-2/h3-10,22H,1-2H3,(H4,19,20,21,23)/b11-9+.